The van der Waals surface area contributed by atoms with Gasteiger partial charge in [-0.2, -0.15) is 0 Å². The quantitative estimate of drug-likeness (QED) is 0.103. The van der Waals surface area contributed by atoms with Gasteiger partial charge in [-0.05, 0) is 85.1 Å². The Balaban J connectivity index is 1.82. The fourth-order valence-electron chi connectivity index (χ4n) is 6.13. The molecule has 12 heteroatoms. The SMILES string of the molecule is Cc1cc(NC(=O)[C@H](CCCNC(N)=O)NC(=O)[C@@H](NC(=O)OC(C)(C)C)C(C)C)ccc1CO[Si](c1ccccc1)(c1ccccc1)C(C)(C)C. The van der Waals surface area contributed by atoms with Crippen LogP contribution >= 0.6 is 0 Å². The van der Waals surface area contributed by atoms with Crippen LogP contribution in [-0.2, 0) is 25.4 Å². The monoisotopic (exact) mass is 731 g/mol. The molecule has 52 heavy (non-hydrogen) atoms. The number of alkyl carbamates (subject to hydrolysis) is 1. The summed E-state index contributed by atoms with van der Waals surface area (Å²) >= 11 is 0. The highest BCUT2D eigenvalue weighted by atomic mass is 28.4. The third kappa shape index (κ3) is 11.7. The fraction of sp³-hybridized carbons (Fsp3) is 0.450. The molecule has 0 saturated carbocycles. The topological polar surface area (TPSA) is 161 Å². The largest absolute Gasteiger partial charge is 0.444 e. The number of benzene rings is 3. The lowest BCUT2D eigenvalue weighted by Gasteiger charge is -2.43. The van der Waals surface area contributed by atoms with Gasteiger partial charge in [0.25, 0.3) is 8.32 Å². The summed E-state index contributed by atoms with van der Waals surface area (Å²) < 4.78 is 12.5. The lowest BCUT2D eigenvalue weighted by atomic mass is 10.0. The van der Waals surface area contributed by atoms with E-state index in [-0.39, 0.29) is 23.9 Å². The summed E-state index contributed by atoms with van der Waals surface area (Å²) in [6, 6.07) is 24.0. The Morgan fingerprint density at radius 2 is 1.38 bits per heavy atom. The zero-order valence-corrected chi connectivity index (χ0v) is 33.1. The molecule has 0 aliphatic rings. The van der Waals surface area contributed by atoms with Crippen LogP contribution in [0.4, 0.5) is 15.3 Å². The van der Waals surface area contributed by atoms with E-state index >= 15 is 0 Å². The molecular weight excluding hydrogens is 675 g/mol. The molecule has 0 aliphatic carbocycles. The molecule has 282 valence electrons. The van der Waals surface area contributed by atoms with Crippen molar-refractivity contribution in [1.82, 2.24) is 16.0 Å². The molecule has 0 aliphatic heterocycles. The number of hydrogen-bond acceptors (Lipinski definition) is 6. The van der Waals surface area contributed by atoms with Crippen LogP contribution in [0.1, 0.15) is 79.4 Å². The van der Waals surface area contributed by atoms with Crippen molar-refractivity contribution in [3.63, 3.8) is 0 Å². The number of hydrogen-bond donors (Lipinski definition) is 5. The number of ether oxygens (including phenoxy) is 1. The first-order chi connectivity index (χ1) is 24.3. The molecule has 0 radical (unpaired) electrons. The second kappa shape index (κ2) is 18.2. The zero-order valence-electron chi connectivity index (χ0n) is 32.1. The van der Waals surface area contributed by atoms with Crippen molar-refractivity contribution in [2.75, 3.05) is 11.9 Å². The number of aryl methyl sites for hydroxylation is 1. The number of nitrogens with two attached hydrogens (primary N) is 1. The predicted octanol–water partition coefficient (Wildman–Crippen LogP) is 5.49. The van der Waals surface area contributed by atoms with E-state index in [1.165, 1.54) is 10.4 Å². The van der Waals surface area contributed by atoms with Crippen molar-refractivity contribution in [2.24, 2.45) is 11.7 Å². The lowest BCUT2D eigenvalue weighted by molar-refractivity contribution is -0.128. The third-order valence-electron chi connectivity index (χ3n) is 8.69. The van der Waals surface area contributed by atoms with Gasteiger partial charge in [0.1, 0.15) is 17.7 Å². The minimum absolute atomic E-state index is 0.180. The summed E-state index contributed by atoms with van der Waals surface area (Å²) in [5, 5.41) is 13.1. The van der Waals surface area contributed by atoms with Gasteiger partial charge in [-0.25, -0.2) is 9.59 Å². The van der Waals surface area contributed by atoms with E-state index in [0.717, 1.165) is 11.1 Å². The van der Waals surface area contributed by atoms with Crippen molar-refractivity contribution in [3.05, 3.63) is 90.0 Å². The molecule has 0 saturated heterocycles. The maximum absolute atomic E-state index is 13.7. The molecule has 0 spiro atoms. The van der Waals surface area contributed by atoms with Gasteiger partial charge in [-0.15, -0.1) is 0 Å². The van der Waals surface area contributed by atoms with E-state index in [1.54, 1.807) is 34.6 Å². The number of carbonyl (C=O) groups is 4. The van der Waals surface area contributed by atoms with Crippen LogP contribution < -0.4 is 37.4 Å². The van der Waals surface area contributed by atoms with Crippen molar-refractivity contribution < 1.29 is 28.3 Å². The molecule has 0 fully saturated rings. The number of amides is 5. The molecule has 0 unspecified atom stereocenters. The van der Waals surface area contributed by atoms with E-state index in [0.29, 0.717) is 18.7 Å². The first-order valence-corrected chi connectivity index (χ1v) is 19.7. The van der Waals surface area contributed by atoms with Crippen LogP contribution in [0.2, 0.25) is 5.04 Å². The van der Waals surface area contributed by atoms with Crippen LogP contribution in [0, 0.1) is 12.8 Å². The van der Waals surface area contributed by atoms with Crippen LogP contribution in [0.25, 0.3) is 0 Å². The van der Waals surface area contributed by atoms with Crippen molar-refractivity contribution >= 4 is 48.3 Å². The predicted molar refractivity (Wildman–Crippen MR) is 209 cm³/mol. The van der Waals surface area contributed by atoms with Crippen LogP contribution in [0.15, 0.2) is 78.9 Å². The van der Waals surface area contributed by atoms with E-state index in [9.17, 15) is 19.2 Å². The molecule has 6 N–H and O–H groups in total. The van der Waals surface area contributed by atoms with Crippen LogP contribution in [0.5, 0.6) is 0 Å². The normalized spacial score (nSPS) is 13.1. The molecule has 3 aromatic carbocycles. The number of anilines is 1. The second-order valence-corrected chi connectivity index (χ2v) is 19.8. The maximum Gasteiger partial charge on any atom is 0.408 e. The van der Waals surface area contributed by atoms with Crippen molar-refractivity contribution in [1.29, 1.82) is 0 Å². The Morgan fingerprint density at radius 1 is 0.808 bits per heavy atom. The average molecular weight is 732 g/mol. The minimum atomic E-state index is -2.77. The number of nitrogens with one attached hydrogen (secondary N) is 4. The second-order valence-electron chi connectivity index (χ2n) is 15.4. The van der Waals surface area contributed by atoms with Crippen molar-refractivity contribution in [3.8, 4) is 0 Å². The molecule has 2 atom stereocenters. The molecular formula is C40H57N5O6Si. The molecule has 11 nitrogen and oxygen atoms in total. The zero-order chi connectivity index (χ0) is 38.7. The first-order valence-electron chi connectivity index (χ1n) is 17.8. The number of rotatable bonds is 15. The van der Waals surface area contributed by atoms with Gasteiger partial charge in [-0.1, -0.05) is 101 Å². The third-order valence-corrected chi connectivity index (χ3v) is 13.7. The summed E-state index contributed by atoms with van der Waals surface area (Å²) in [6.07, 6.45) is -0.161. The molecule has 5 amide bonds. The van der Waals surface area contributed by atoms with Gasteiger partial charge in [-0.3, -0.25) is 9.59 Å². The molecule has 0 heterocycles. The van der Waals surface area contributed by atoms with Gasteiger partial charge in [0.05, 0.1) is 6.61 Å². The van der Waals surface area contributed by atoms with E-state index < -0.39 is 49.9 Å². The number of carbonyl (C=O) groups excluding carboxylic acids is 4. The average Bonchev–Trinajstić information content (AvgIpc) is 3.05. The summed E-state index contributed by atoms with van der Waals surface area (Å²) in [6.45, 7) is 18.0. The standard InChI is InChI=1S/C40H57N5O6Si/c1-27(2)34(45-38(49)51-39(4,5)6)36(47)44-33(21-16-24-42-37(41)48)35(46)43-30-23-22-29(28(3)25-30)26-50-52(40(7,8)9,31-17-12-10-13-18-31)32-19-14-11-15-20-32/h10-15,17-20,22-23,25,27,33-34H,16,21,24,26H2,1-9H3,(H,43,46)(H,44,47)(H,45,49)(H3,41,42,48)/t33-,34-/m0/s1. The molecule has 3 aromatic rings. The van der Waals surface area contributed by atoms with E-state index in [2.05, 4.69) is 90.6 Å². The van der Waals surface area contributed by atoms with Gasteiger partial charge >= 0.3 is 12.1 Å². The van der Waals surface area contributed by atoms with Crippen LogP contribution in [0.3, 0.4) is 0 Å². The first kappa shape index (κ1) is 41.7. The fourth-order valence-corrected chi connectivity index (χ4v) is 10.7. The smallest absolute Gasteiger partial charge is 0.408 e. The molecule has 3 rings (SSSR count). The van der Waals surface area contributed by atoms with E-state index in [1.807, 2.05) is 37.3 Å². The number of urea groups is 1. The summed E-state index contributed by atoms with van der Waals surface area (Å²) in [5.74, 6) is -1.27. The van der Waals surface area contributed by atoms with Gasteiger partial charge in [0.15, 0.2) is 0 Å². The lowest BCUT2D eigenvalue weighted by Crippen LogP contribution is -2.66. The Hall–Kier alpha value is -4.68. The summed E-state index contributed by atoms with van der Waals surface area (Å²) in [5.41, 5.74) is 6.93. The Bertz CT molecular complexity index is 1610. The van der Waals surface area contributed by atoms with Gasteiger partial charge < -0.3 is 36.2 Å². The summed E-state index contributed by atoms with van der Waals surface area (Å²) in [4.78, 5) is 50.9. The Kier molecular flexibility index (Phi) is 14.6. The minimum Gasteiger partial charge on any atom is -0.444 e. The maximum atomic E-state index is 13.7. The van der Waals surface area contributed by atoms with Gasteiger partial charge in [0, 0.05) is 12.2 Å². The van der Waals surface area contributed by atoms with E-state index in [4.69, 9.17) is 14.9 Å². The molecule has 0 bridgehead atoms. The van der Waals surface area contributed by atoms with Crippen molar-refractivity contribution in [2.45, 2.75) is 104 Å². The number of primary amides is 1. The molecule has 0 aromatic heterocycles. The van der Waals surface area contributed by atoms with Crippen LogP contribution in [-0.4, -0.2) is 56.5 Å². The Morgan fingerprint density at radius 3 is 1.87 bits per heavy atom. The van der Waals surface area contributed by atoms with Gasteiger partial charge in [0.2, 0.25) is 11.8 Å². The highest BCUT2D eigenvalue weighted by Gasteiger charge is 2.50. The Labute approximate surface area is 309 Å². The highest BCUT2D eigenvalue weighted by molar-refractivity contribution is 6.99. The summed E-state index contributed by atoms with van der Waals surface area (Å²) in [7, 11) is -2.77. The highest BCUT2D eigenvalue weighted by Crippen LogP contribution is 2.37.